The van der Waals surface area contributed by atoms with Crippen molar-refractivity contribution >= 4 is 39.8 Å². The topological polar surface area (TPSA) is 24.9 Å². The van der Waals surface area contributed by atoms with Crippen LogP contribution in [0.3, 0.4) is 0 Å². The van der Waals surface area contributed by atoms with Crippen LogP contribution in [0.15, 0.2) is 24.3 Å². The van der Waals surface area contributed by atoms with E-state index >= 15 is 0 Å². The number of benzene rings is 1. The van der Waals surface area contributed by atoms with Crippen LogP contribution >= 0.6 is 23.9 Å². The van der Waals surface area contributed by atoms with E-state index in [-0.39, 0.29) is 12.4 Å². The standard InChI is InChI=1S/C8H8N2S.ClH/c1-9-8-6-4-2-3-5-7(6)11-10-8;/h2-5H,1H3,(H,9,10);1H. The van der Waals surface area contributed by atoms with Crippen LogP contribution in [0.5, 0.6) is 0 Å². The van der Waals surface area contributed by atoms with Gasteiger partial charge in [-0.2, -0.15) is 4.37 Å². The van der Waals surface area contributed by atoms with E-state index in [0.29, 0.717) is 0 Å². The first-order valence-corrected chi connectivity index (χ1v) is 4.21. The van der Waals surface area contributed by atoms with Crippen molar-refractivity contribution in [2.45, 2.75) is 0 Å². The first kappa shape index (κ1) is 9.29. The zero-order valence-electron chi connectivity index (χ0n) is 6.57. The van der Waals surface area contributed by atoms with Gasteiger partial charge in [0.05, 0.1) is 4.70 Å². The van der Waals surface area contributed by atoms with Crippen LogP contribution in [-0.2, 0) is 0 Å². The van der Waals surface area contributed by atoms with Crippen molar-refractivity contribution < 1.29 is 0 Å². The monoisotopic (exact) mass is 200 g/mol. The van der Waals surface area contributed by atoms with E-state index in [1.165, 1.54) is 21.6 Å². The number of anilines is 1. The zero-order valence-corrected chi connectivity index (χ0v) is 8.21. The number of hydrogen-bond acceptors (Lipinski definition) is 3. The molecule has 1 aromatic heterocycles. The number of fused-ring (bicyclic) bond motifs is 1. The molecule has 0 saturated heterocycles. The van der Waals surface area contributed by atoms with Crippen molar-refractivity contribution in [2.75, 3.05) is 12.4 Å². The molecular formula is C8H9ClN2S. The summed E-state index contributed by atoms with van der Waals surface area (Å²) in [4.78, 5) is 0. The molecular weight excluding hydrogens is 192 g/mol. The second-order valence-electron chi connectivity index (χ2n) is 2.28. The Kier molecular flexibility index (Phi) is 2.89. The Hall–Kier alpha value is -0.800. The summed E-state index contributed by atoms with van der Waals surface area (Å²) in [5.74, 6) is 0.977. The summed E-state index contributed by atoms with van der Waals surface area (Å²) in [6.07, 6.45) is 0. The first-order valence-electron chi connectivity index (χ1n) is 3.44. The number of hydrogen-bond donors (Lipinski definition) is 1. The van der Waals surface area contributed by atoms with Crippen LogP contribution < -0.4 is 5.32 Å². The van der Waals surface area contributed by atoms with Gasteiger partial charge >= 0.3 is 0 Å². The van der Waals surface area contributed by atoms with Gasteiger partial charge in [0, 0.05) is 12.4 Å². The summed E-state index contributed by atoms with van der Waals surface area (Å²) in [7, 11) is 1.89. The van der Waals surface area contributed by atoms with E-state index in [1.54, 1.807) is 0 Å². The molecule has 1 heterocycles. The molecule has 2 aromatic rings. The fourth-order valence-electron chi connectivity index (χ4n) is 1.07. The fourth-order valence-corrected chi connectivity index (χ4v) is 1.85. The highest BCUT2D eigenvalue weighted by molar-refractivity contribution is 7.13. The second-order valence-corrected chi connectivity index (χ2v) is 3.08. The van der Waals surface area contributed by atoms with Crippen LogP contribution in [0, 0.1) is 0 Å². The molecule has 0 aliphatic heterocycles. The Morgan fingerprint density at radius 1 is 1.33 bits per heavy atom. The molecule has 0 aliphatic rings. The maximum atomic E-state index is 4.24. The van der Waals surface area contributed by atoms with E-state index in [1.807, 2.05) is 19.2 Å². The van der Waals surface area contributed by atoms with Crippen LogP contribution in [0.25, 0.3) is 10.1 Å². The van der Waals surface area contributed by atoms with Gasteiger partial charge in [-0.1, -0.05) is 12.1 Å². The smallest absolute Gasteiger partial charge is 0.147 e. The van der Waals surface area contributed by atoms with E-state index in [2.05, 4.69) is 21.8 Å². The molecule has 0 fully saturated rings. The maximum Gasteiger partial charge on any atom is 0.147 e. The van der Waals surface area contributed by atoms with Crippen molar-refractivity contribution in [2.24, 2.45) is 0 Å². The Morgan fingerprint density at radius 2 is 2.08 bits per heavy atom. The minimum absolute atomic E-state index is 0. The summed E-state index contributed by atoms with van der Waals surface area (Å²) in [5.41, 5.74) is 0. The lowest BCUT2D eigenvalue weighted by Crippen LogP contribution is -1.86. The lowest BCUT2D eigenvalue weighted by Gasteiger charge is -1.91. The average molecular weight is 201 g/mol. The molecule has 0 unspecified atom stereocenters. The van der Waals surface area contributed by atoms with Gasteiger partial charge in [-0.15, -0.1) is 12.4 Å². The molecule has 0 radical (unpaired) electrons. The summed E-state index contributed by atoms with van der Waals surface area (Å²) in [6, 6.07) is 8.20. The molecule has 4 heteroatoms. The normalized spacial score (nSPS) is 9.42. The molecule has 0 atom stereocenters. The van der Waals surface area contributed by atoms with Gasteiger partial charge in [-0.25, -0.2) is 0 Å². The molecule has 0 bridgehead atoms. The van der Waals surface area contributed by atoms with E-state index in [4.69, 9.17) is 0 Å². The van der Waals surface area contributed by atoms with Crippen LogP contribution in [0.2, 0.25) is 0 Å². The molecule has 1 aromatic carbocycles. The maximum absolute atomic E-state index is 4.24. The lowest BCUT2D eigenvalue weighted by atomic mass is 10.3. The third-order valence-corrected chi connectivity index (χ3v) is 2.44. The summed E-state index contributed by atoms with van der Waals surface area (Å²) < 4.78 is 5.48. The fraction of sp³-hybridized carbons (Fsp3) is 0.125. The zero-order chi connectivity index (χ0) is 7.68. The summed E-state index contributed by atoms with van der Waals surface area (Å²) in [5, 5.41) is 4.26. The van der Waals surface area contributed by atoms with Crippen LogP contribution in [0.1, 0.15) is 0 Å². The third-order valence-electron chi connectivity index (χ3n) is 1.61. The molecule has 2 nitrogen and oxygen atoms in total. The van der Waals surface area contributed by atoms with Gasteiger partial charge in [-0.05, 0) is 23.7 Å². The predicted octanol–water partition coefficient (Wildman–Crippen LogP) is 2.76. The quantitative estimate of drug-likeness (QED) is 0.766. The largest absolute Gasteiger partial charge is 0.372 e. The SMILES string of the molecule is CNc1nsc2ccccc12.Cl. The summed E-state index contributed by atoms with van der Waals surface area (Å²) >= 11 is 1.53. The molecule has 64 valence electrons. The molecule has 0 aliphatic carbocycles. The van der Waals surface area contributed by atoms with Crippen molar-refractivity contribution in [3.63, 3.8) is 0 Å². The van der Waals surface area contributed by atoms with E-state index in [9.17, 15) is 0 Å². The van der Waals surface area contributed by atoms with E-state index in [0.717, 1.165) is 5.82 Å². The summed E-state index contributed by atoms with van der Waals surface area (Å²) in [6.45, 7) is 0. The molecule has 0 saturated carbocycles. The van der Waals surface area contributed by atoms with Crippen molar-refractivity contribution in [3.8, 4) is 0 Å². The lowest BCUT2D eigenvalue weighted by molar-refractivity contribution is 1.45. The van der Waals surface area contributed by atoms with Crippen molar-refractivity contribution in [3.05, 3.63) is 24.3 Å². The molecule has 2 rings (SSSR count). The van der Waals surface area contributed by atoms with Gasteiger partial charge in [0.25, 0.3) is 0 Å². The van der Waals surface area contributed by atoms with Gasteiger partial charge in [-0.3, -0.25) is 0 Å². The predicted molar refractivity (Wildman–Crippen MR) is 56.4 cm³/mol. The Balaban J connectivity index is 0.000000720. The molecule has 12 heavy (non-hydrogen) atoms. The minimum atomic E-state index is 0. The molecule has 1 N–H and O–H groups in total. The number of nitrogens with one attached hydrogen (secondary N) is 1. The van der Waals surface area contributed by atoms with Gasteiger partial charge < -0.3 is 5.32 Å². The molecule has 0 spiro atoms. The second kappa shape index (κ2) is 3.74. The highest BCUT2D eigenvalue weighted by Gasteiger charge is 2.00. The van der Waals surface area contributed by atoms with Gasteiger partial charge in [0.15, 0.2) is 0 Å². The average Bonchev–Trinajstić information content (AvgIpc) is 2.47. The molecule has 0 amide bonds. The number of rotatable bonds is 1. The Labute approximate surface area is 81.2 Å². The van der Waals surface area contributed by atoms with Gasteiger partial charge in [0.2, 0.25) is 0 Å². The Morgan fingerprint density at radius 3 is 2.83 bits per heavy atom. The van der Waals surface area contributed by atoms with Crippen LogP contribution in [-0.4, -0.2) is 11.4 Å². The highest BCUT2D eigenvalue weighted by Crippen LogP contribution is 2.25. The van der Waals surface area contributed by atoms with Crippen molar-refractivity contribution in [1.82, 2.24) is 4.37 Å². The first-order chi connectivity index (χ1) is 5.42. The van der Waals surface area contributed by atoms with Crippen LogP contribution in [0.4, 0.5) is 5.82 Å². The highest BCUT2D eigenvalue weighted by atomic mass is 35.5. The van der Waals surface area contributed by atoms with E-state index < -0.39 is 0 Å². The number of nitrogens with zero attached hydrogens (tertiary/aromatic N) is 1. The third kappa shape index (κ3) is 1.38. The van der Waals surface area contributed by atoms with Crippen molar-refractivity contribution in [1.29, 1.82) is 0 Å². The minimum Gasteiger partial charge on any atom is -0.372 e. The number of aromatic nitrogens is 1. The Bertz CT molecular complexity index is 372. The van der Waals surface area contributed by atoms with Gasteiger partial charge in [0.1, 0.15) is 5.82 Å². The number of halogens is 1.